The maximum Gasteiger partial charge on any atom is 0.205 e. The second kappa shape index (κ2) is 5.81. The summed E-state index contributed by atoms with van der Waals surface area (Å²) in [4.78, 5) is 0. The van der Waals surface area contributed by atoms with Crippen molar-refractivity contribution in [3.63, 3.8) is 0 Å². The number of ether oxygens (including phenoxy) is 3. The van der Waals surface area contributed by atoms with E-state index in [0.717, 1.165) is 31.4 Å². The van der Waals surface area contributed by atoms with Gasteiger partial charge in [0.15, 0.2) is 6.29 Å². The van der Waals surface area contributed by atoms with Crippen molar-refractivity contribution >= 4 is 0 Å². The fourth-order valence-electron chi connectivity index (χ4n) is 3.69. The average molecular weight is 268 g/mol. The molecule has 0 aromatic heterocycles. The minimum Gasteiger partial charge on any atom is -0.472 e. The van der Waals surface area contributed by atoms with Crippen molar-refractivity contribution in [3.8, 4) is 0 Å². The molecular weight excluding hydrogens is 244 g/mol. The summed E-state index contributed by atoms with van der Waals surface area (Å²) in [5.74, 6) is 1.36. The SMILES string of the molecule is C[C@H]1CC[C@@H]2C(CO)=CO[C@@H](OC3CCCCO3)[C@@H]21. The molecule has 0 amide bonds. The van der Waals surface area contributed by atoms with Gasteiger partial charge in [-0.3, -0.25) is 0 Å². The Labute approximate surface area is 114 Å². The van der Waals surface area contributed by atoms with E-state index >= 15 is 0 Å². The van der Waals surface area contributed by atoms with Crippen molar-refractivity contribution in [2.75, 3.05) is 13.2 Å². The Morgan fingerprint density at radius 3 is 2.95 bits per heavy atom. The molecule has 3 aliphatic rings. The molecule has 0 aromatic carbocycles. The fraction of sp³-hybridized carbons (Fsp3) is 0.867. The van der Waals surface area contributed by atoms with E-state index in [1.807, 2.05) is 0 Å². The summed E-state index contributed by atoms with van der Waals surface area (Å²) in [6, 6.07) is 0. The van der Waals surface area contributed by atoms with Crippen molar-refractivity contribution in [1.82, 2.24) is 0 Å². The van der Waals surface area contributed by atoms with E-state index < -0.39 is 0 Å². The summed E-state index contributed by atoms with van der Waals surface area (Å²) < 4.78 is 17.4. The van der Waals surface area contributed by atoms with Crippen molar-refractivity contribution in [1.29, 1.82) is 0 Å². The largest absolute Gasteiger partial charge is 0.472 e. The predicted octanol–water partition coefficient (Wildman–Crippen LogP) is 2.42. The molecule has 1 saturated carbocycles. The van der Waals surface area contributed by atoms with Crippen LogP contribution in [0, 0.1) is 17.8 Å². The van der Waals surface area contributed by atoms with Gasteiger partial charge in [-0.05, 0) is 49.5 Å². The summed E-state index contributed by atoms with van der Waals surface area (Å²) in [5.41, 5.74) is 1.03. The Hall–Kier alpha value is -0.580. The van der Waals surface area contributed by atoms with Crippen molar-refractivity contribution in [3.05, 3.63) is 11.8 Å². The van der Waals surface area contributed by atoms with Crippen molar-refractivity contribution in [2.45, 2.75) is 51.6 Å². The van der Waals surface area contributed by atoms with E-state index in [0.29, 0.717) is 17.8 Å². The van der Waals surface area contributed by atoms with Crippen LogP contribution in [0.25, 0.3) is 0 Å². The number of aliphatic hydroxyl groups excluding tert-OH is 1. The quantitative estimate of drug-likeness (QED) is 0.854. The normalized spacial score (nSPS) is 42.4. The first-order valence-corrected chi connectivity index (χ1v) is 7.52. The molecule has 0 spiro atoms. The Morgan fingerprint density at radius 1 is 1.32 bits per heavy atom. The molecule has 1 N–H and O–H groups in total. The molecule has 0 aromatic rings. The lowest BCUT2D eigenvalue weighted by Gasteiger charge is -2.37. The average Bonchev–Trinajstić information content (AvgIpc) is 2.83. The minimum absolute atomic E-state index is 0.0978. The van der Waals surface area contributed by atoms with Gasteiger partial charge in [-0.15, -0.1) is 0 Å². The molecule has 19 heavy (non-hydrogen) atoms. The third-order valence-electron chi connectivity index (χ3n) is 4.81. The van der Waals surface area contributed by atoms with E-state index in [-0.39, 0.29) is 19.2 Å². The molecular formula is C15H24O4. The zero-order valence-electron chi connectivity index (χ0n) is 11.6. The maximum absolute atomic E-state index is 9.42. The van der Waals surface area contributed by atoms with Crippen LogP contribution in [0.15, 0.2) is 11.8 Å². The van der Waals surface area contributed by atoms with Gasteiger partial charge >= 0.3 is 0 Å². The van der Waals surface area contributed by atoms with Crippen LogP contribution in [0.2, 0.25) is 0 Å². The second-order valence-corrected chi connectivity index (χ2v) is 6.03. The molecule has 2 heterocycles. The van der Waals surface area contributed by atoms with Crippen LogP contribution in [-0.2, 0) is 14.2 Å². The van der Waals surface area contributed by atoms with E-state index in [4.69, 9.17) is 14.2 Å². The smallest absolute Gasteiger partial charge is 0.205 e. The molecule has 2 aliphatic heterocycles. The zero-order valence-corrected chi connectivity index (χ0v) is 11.6. The predicted molar refractivity (Wildman–Crippen MR) is 70.1 cm³/mol. The maximum atomic E-state index is 9.42. The lowest BCUT2D eigenvalue weighted by molar-refractivity contribution is -0.267. The molecule has 1 aliphatic carbocycles. The molecule has 0 bridgehead atoms. The Bertz CT molecular complexity index is 335. The Balaban J connectivity index is 1.69. The number of hydrogen-bond donors (Lipinski definition) is 1. The minimum atomic E-state index is -0.208. The molecule has 2 fully saturated rings. The summed E-state index contributed by atoms with van der Waals surface area (Å²) >= 11 is 0. The first-order chi connectivity index (χ1) is 9.29. The molecule has 1 unspecified atom stereocenters. The third kappa shape index (κ3) is 2.67. The van der Waals surface area contributed by atoms with E-state index in [1.165, 1.54) is 12.8 Å². The highest BCUT2D eigenvalue weighted by Gasteiger charge is 2.45. The monoisotopic (exact) mass is 268 g/mol. The summed E-state index contributed by atoms with van der Waals surface area (Å²) in [7, 11) is 0. The van der Waals surface area contributed by atoms with Crippen LogP contribution < -0.4 is 0 Å². The number of aliphatic hydroxyl groups is 1. The van der Waals surface area contributed by atoms with Gasteiger partial charge in [0, 0.05) is 12.5 Å². The van der Waals surface area contributed by atoms with Gasteiger partial charge in [-0.25, -0.2) is 0 Å². The van der Waals surface area contributed by atoms with Gasteiger partial charge in [0.1, 0.15) is 0 Å². The first-order valence-electron chi connectivity index (χ1n) is 7.52. The van der Waals surface area contributed by atoms with E-state index in [2.05, 4.69) is 6.92 Å². The summed E-state index contributed by atoms with van der Waals surface area (Å²) in [5, 5.41) is 9.42. The molecule has 3 rings (SSSR count). The topological polar surface area (TPSA) is 47.9 Å². The Morgan fingerprint density at radius 2 is 2.21 bits per heavy atom. The lowest BCUT2D eigenvalue weighted by atomic mass is 9.84. The van der Waals surface area contributed by atoms with Gasteiger partial charge in [-0.2, -0.15) is 0 Å². The molecule has 4 nitrogen and oxygen atoms in total. The highest BCUT2D eigenvalue weighted by atomic mass is 16.8. The molecule has 5 atom stereocenters. The molecule has 1 saturated heterocycles. The van der Waals surface area contributed by atoms with Crippen LogP contribution >= 0.6 is 0 Å². The number of fused-ring (bicyclic) bond motifs is 1. The zero-order chi connectivity index (χ0) is 13.2. The van der Waals surface area contributed by atoms with Crippen molar-refractivity contribution < 1.29 is 19.3 Å². The van der Waals surface area contributed by atoms with Crippen LogP contribution in [-0.4, -0.2) is 30.9 Å². The van der Waals surface area contributed by atoms with E-state index in [9.17, 15) is 5.11 Å². The van der Waals surface area contributed by atoms with Crippen LogP contribution in [0.5, 0.6) is 0 Å². The van der Waals surface area contributed by atoms with Gasteiger partial charge in [0.05, 0.1) is 12.9 Å². The summed E-state index contributed by atoms with van der Waals surface area (Å²) in [6.07, 6.45) is 6.96. The fourth-order valence-corrected chi connectivity index (χ4v) is 3.69. The van der Waals surface area contributed by atoms with Gasteiger partial charge in [0.2, 0.25) is 6.29 Å². The third-order valence-corrected chi connectivity index (χ3v) is 4.81. The van der Waals surface area contributed by atoms with Gasteiger partial charge in [-0.1, -0.05) is 6.92 Å². The van der Waals surface area contributed by atoms with Gasteiger partial charge in [0.25, 0.3) is 0 Å². The van der Waals surface area contributed by atoms with Crippen LogP contribution in [0.1, 0.15) is 39.0 Å². The standard InChI is InChI=1S/C15H24O4/c1-10-5-6-12-11(8-16)9-18-15(14(10)12)19-13-4-2-3-7-17-13/h9-10,12-16H,2-8H2,1H3/t10-,12+,13?,14+,15-/m0/s1. The number of hydrogen-bond acceptors (Lipinski definition) is 4. The van der Waals surface area contributed by atoms with Crippen molar-refractivity contribution in [2.24, 2.45) is 17.8 Å². The number of rotatable bonds is 3. The molecule has 108 valence electrons. The molecule has 0 radical (unpaired) electrons. The highest BCUT2D eigenvalue weighted by Crippen LogP contribution is 2.46. The van der Waals surface area contributed by atoms with Crippen LogP contribution in [0.3, 0.4) is 0 Å². The first kappa shape index (κ1) is 13.4. The van der Waals surface area contributed by atoms with Gasteiger partial charge < -0.3 is 19.3 Å². The highest BCUT2D eigenvalue weighted by molar-refractivity contribution is 5.12. The lowest BCUT2D eigenvalue weighted by Crippen LogP contribution is -2.40. The van der Waals surface area contributed by atoms with Crippen LogP contribution in [0.4, 0.5) is 0 Å². The summed E-state index contributed by atoms with van der Waals surface area (Å²) in [6.45, 7) is 3.14. The Kier molecular flexibility index (Phi) is 4.10. The van der Waals surface area contributed by atoms with E-state index in [1.54, 1.807) is 6.26 Å². The second-order valence-electron chi connectivity index (χ2n) is 6.03. The molecule has 4 heteroatoms.